The fraction of sp³-hybridized carbons (Fsp3) is 0.211. The zero-order chi connectivity index (χ0) is 18.5. The highest BCUT2D eigenvalue weighted by Gasteiger charge is 2.05. The molecule has 28 heavy (non-hydrogen) atoms. The molecule has 1 heterocycles. The summed E-state index contributed by atoms with van der Waals surface area (Å²) in [5, 5.41) is 8.69. The van der Waals surface area contributed by atoms with Gasteiger partial charge in [-0.1, -0.05) is 46.9 Å². The third-order valence-corrected chi connectivity index (χ3v) is 5.02. The quantitative estimate of drug-likeness (QED) is 0.366. The first-order valence-corrected chi connectivity index (χ1v) is 9.38. The van der Waals surface area contributed by atoms with Gasteiger partial charge < -0.3 is 15.6 Å². The van der Waals surface area contributed by atoms with Gasteiger partial charge in [0.15, 0.2) is 5.43 Å². The van der Waals surface area contributed by atoms with Gasteiger partial charge in [-0.15, -0.1) is 24.8 Å². The summed E-state index contributed by atoms with van der Waals surface area (Å²) in [6, 6.07) is 12.5. The van der Waals surface area contributed by atoms with Crippen molar-refractivity contribution in [3.8, 4) is 0 Å². The molecule has 0 radical (unpaired) electrons. The lowest BCUT2D eigenvalue weighted by Gasteiger charge is -2.09. The van der Waals surface area contributed by atoms with E-state index in [-0.39, 0.29) is 30.2 Å². The van der Waals surface area contributed by atoms with Gasteiger partial charge in [-0.3, -0.25) is 4.79 Å². The van der Waals surface area contributed by atoms with Crippen molar-refractivity contribution in [1.29, 1.82) is 0 Å². The number of halogens is 5. The number of aromatic nitrogens is 1. The fourth-order valence-electron chi connectivity index (χ4n) is 2.68. The number of hydrogen-bond donors (Lipinski definition) is 3. The van der Waals surface area contributed by atoms with E-state index in [2.05, 4.69) is 15.6 Å². The average molecular weight is 484 g/mol. The van der Waals surface area contributed by atoms with Gasteiger partial charge in [0.05, 0.1) is 26.0 Å². The minimum atomic E-state index is -0.0930. The Morgan fingerprint density at radius 1 is 0.893 bits per heavy atom. The molecule has 0 unspecified atom stereocenters. The van der Waals surface area contributed by atoms with Crippen molar-refractivity contribution in [1.82, 2.24) is 10.3 Å². The number of pyridine rings is 1. The Morgan fingerprint density at radius 3 is 2.43 bits per heavy atom. The Kier molecular flexibility index (Phi) is 10.5. The molecule has 3 rings (SSSR count). The zero-order valence-corrected chi connectivity index (χ0v) is 18.6. The highest BCUT2D eigenvalue weighted by Crippen LogP contribution is 2.22. The second kappa shape index (κ2) is 11.8. The van der Waals surface area contributed by atoms with Crippen LogP contribution in [-0.4, -0.2) is 18.1 Å². The number of H-pyrrole nitrogens is 1. The molecule has 0 aliphatic heterocycles. The van der Waals surface area contributed by atoms with Crippen molar-refractivity contribution in [2.24, 2.45) is 0 Å². The van der Waals surface area contributed by atoms with Gasteiger partial charge in [0.1, 0.15) is 5.82 Å². The first-order valence-electron chi connectivity index (χ1n) is 8.24. The molecule has 1 aromatic heterocycles. The Hall–Kier alpha value is -1.14. The van der Waals surface area contributed by atoms with Crippen molar-refractivity contribution in [3.05, 3.63) is 73.3 Å². The number of rotatable bonds is 7. The van der Waals surface area contributed by atoms with Crippen LogP contribution in [0.15, 0.2) is 47.3 Å². The van der Waals surface area contributed by atoms with E-state index >= 15 is 0 Å². The van der Waals surface area contributed by atoms with Crippen molar-refractivity contribution < 1.29 is 0 Å². The number of benzene rings is 2. The van der Waals surface area contributed by atoms with E-state index in [9.17, 15) is 4.79 Å². The number of anilines is 1. The van der Waals surface area contributed by atoms with E-state index in [1.807, 2.05) is 24.3 Å². The molecule has 0 fully saturated rings. The van der Waals surface area contributed by atoms with Crippen LogP contribution in [0.1, 0.15) is 12.0 Å². The molecular weight excluding hydrogens is 463 g/mol. The first kappa shape index (κ1) is 24.9. The van der Waals surface area contributed by atoms with Crippen LogP contribution in [-0.2, 0) is 6.54 Å². The van der Waals surface area contributed by atoms with Crippen LogP contribution in [0.25, 0.3) is 10.9 Å². The van der Waals surface area contributed by atoms with Crippen molar-refractivity contribution in [2.75, 3.05) is 18.4 Å². The molecule has 0 amide bonds. The van der Waals surface area contributed by atoms with Crippen molar-refractivity contribution in [3.63, 3.8) is 0 Å². The Bertz CT molecular complexity index is 977. The molecule has 0 atom stereocenters. The van der Waals surface area contributed by atoms with E-state index in [1.54, 1.807) is 12.1 Å². The molecule has 4 nitrogen and oxygen atoms in total. The SMILES string of the molecule is Cl.Cl.O=c1cc(NCCCNCc2ccc(Cl)c(Cl)c2)[nH]c2cccc(Cl)c12. The lowest BCUT2D eigenvalue weighted by atomic mass is 10.2. The molecule has 0 aliphatic carbocycles. The lowest BCUT2D eigenvalue weighted by Crippen LogP contribution is -2.18. The summed E-state index contributed by atoms with van der Waals surface area (Å²) in [6.07, 6.45) is 0.900. The molecule has 9 heteroatoms. The molecule has 3 N–H and O–H groups in total. The maximum atomic E-state index is 12.2. The highest BCUT2D eigenvalue weighted by molar-refractivity contribution is 6.42. The molecule has 2 aromatic carbocycles. The predicted molar refractivity (Wildman–Crippen MR) is 125 cm³/mol. The third kappa shape index (κ3) is 6.45. The number of nitrogens with one attached hydrogen (secondary N) is 3. The Balaban J connectivity index is 0.00000196. The van der Waals surface area contributed by atoms with Gasteiger partial charge in [0.2, 0.25) is 0 Å². The van der Waals surface area contributed by atoms with Crippen molar-refractivity contribution >= 4 is 76.3 Å². The molecular formula is C19H20Cl5N3O. The van der Waals surface area contributed by atoms with E-state index in [0.717, 1.165) is 37.1 Å². The van der Waals surface area contributed by atoms with E-state index in [4.69, 9.17) is 34.8 Å². The van der Waals surface area contributed by atoms with Crippen LogP contribution >= 0.6 is 59.6 Å². The normalized spacial score (nSPS) is 10.2. The van der Waals surface area contributed by atoms with Gasteiger partial charge in [-0.2, -0.15) is 0 Å². The minimum Gasteiger partial charge on any atom is -0.371 e. The number of aromatic amines is 1. The maximum absolute atomic E-state index is 12.2. The second-order valence-electron chi connectivity index (χ2n) is 5.92. The van der Waals surface area contributed by atoms with E-state index in [1.165, 1.54) is 6.07 Å². The van der Waals surface area contributed by atoms with Crippen LogP contribution in [0.5, 0.6) is 0 Å². The summed E-state index contributed by atoms with van der Waals surface area (Å²) in [6.45, 7) is 2.29. The van der Waals surface area contributed by atoms with Crippen LogP contribution in [0, 0.1) is 0 Å². The van der Waals surface area contributed by atoms with Gasteiger partial charge in [-0.25, -0.2) is 0 Å². The number of fused-ring (bicyclic) bond motifs is 1. The summed E-state index contributed by atoms with van der Waals surface area (Å²) < 4.78 is 0. The first-order chi connectivity index (χ1) is 12.5. The molecule has 0 saturated carbocycles. The molecule has 3 aromatic rings. The van der Waals surface area contributed by atoms with Gasteiger partial charge in [0.25, 0.3) is 0 Å². The van der Waals surface area contributed by atoms with E-state index < -0.39 is 0 Å². The maximum Gasteiger partial charge on any atom is 0.193 e. The minimum absolute atomic E-state index is 0. The third-order valence-electron chi connectivity index (χ3n) is 3.96. The average Bonchev–Trinajstić information content (AvgIpc) is 2.61. The standard InChI is InChI=1S/C19H18Cl3N3O.2ClH/c20-13-6-5-12(9-15(13)22)11-23-7-2-8-24-18-10-17(26)19-14(21)3-1-4-16(19)25-18;;/h1,3-6,9-10,23H,2,7-8,11H2,(H2,24,25,26);2*1H. The second-order valence-corrected chi connectivity index (χ2v) is 7.14. The summed E-state index contributed by atoms with van der Waals surface area (Å²) in [5.74, 6) is 0.689. The van der Waals surface area contributed by atoms with Crippen LogP contribution in [0.2, 0.25) is 15.1 Å². The van der Waals surface area contributed by atoms with Crippen LogP contribution in [0.4, 0.5) is 5.82 Å². The highest BCUT2D eigenvalue weighted by atomic mass is 35.5. The molecule has 0 bridgehead atoms. The smallest absolute Gasteiger partial charge is 0.193 e. The van der Waals surface area contributed by atoms with E-state index in [0.29, 0.717) is 26.3 Å². The molecule has 0 spiro atoms. The zero-order valence-electron chi connectivity index (χ0n) is 14.7. The van der Waals surface area contributed by atoms with Gasteiger partial charge >= 0.3 is 0 Å². The predicted octanol–water partition coefficient (Wildman–Crippen LogP) is 5.92. The summed E-state index contributed by atoms with van der Waals surface area (Å²) >= 11 is 18.0. The largest absolute Gasteiger partial charge is 0.371 e. The topological polar surface area (TPSA) is 56.9 Å². The van der Waals surface area contributed by atoms with Crippen molar-refractivity contribution in [2.45, 2.75) is 13.0 Å². The lowest BCUT2D eigenvalue weighted by molar-refractivity contribution is 0.663. The number of hydrogen-bond acceptors (Lipinski definition) is 3. The van der Waals surface area contributed by atoms with Gasteiger partial charge in [0, 0.05) is 19.2 Å². The molecule has 0 saturated heterocycles. The fourth-order valence-corrected chi connectivity index (χ4v) is 3.27. The summed E-state index contributed by atoms with van der Waals surface area (Å²) in [7, 11) is 0. The Morgan fingerprint density at radius 2 is 1.68 bits per heavy atom. The molecule has 0 aliphatic rings. The Labute approximate surface area is 190 Å². The molecule has 152 valence electrons. The van der Waals surface area contributed by atoms with Crippen LogP contribution in [0.3, 0.4) is 0 Å². The summed E-state index contributed by atoms with van der Waals surface area (Å²) in [5.41, 5.74) is 1.72. The van der Waals surface area contributed by atoms with Crippen LogP contribution < -0.4 is 16.1 Å². The van der Waals surface area contributed by atoms with Gasteiger partial charge in [-0.05, 0) is 42.8 Å². The summed E-state index contributed by atoms with van der Waals surface area (Å²) in [4.78, 5) is 15.4. The monoisotopic (exact) mass is 481 g/mol.